The standard InChI is InChI=1S/C20H27N3OS/c1-3-21-19(23-14-20(2,24)18-9-10-25-13-18)22-12-15-7-8-16-5-4-6-17(16)11-15/h7-11,13,24H,3-6,12,14H2,1-2H3,(H2,21,22,23). The number of aliphatic imine (C=N–C) groups is 1. The van der Waals surface area contributed by atoms with E-state index in [4.69, 9.17) is 0 Å². The zero-order chi connectivity index (χ0) is 17.7. The van der Waals surface area contributed by atoms with Crippen LogP contribution in [-0.2, 0) is 25.0 Å². The third-order valence-corrected chi connectivity index (χ3v) is 5.35. The third kappa shape index (κ3) is 4.61. The van der Waals surface area contributed by atoms with E-state index in [9.17, 15) is 5.11 Å². The van der Waals surface area contributed by atoms with Gasteiger partial charge < -0.3 is 15.7 Å². The first-order chi connectivity index (χ1) is 12.1. The summed E-state index contributed by atoms with van der Waals surface area (Å²) < 4.78 is 0. The average molecular weight is 358 g/mol. The highest BCUT2D eigenvalue weighted by Gasteiger charge is 2.23. The molecule has 1 atom stereocenters. The molecule has 1 heterocycles. The predicted octanol–water partition coefficient (Wildman–Crippen LogP) is 3.20. The Morgan fingerprint density at radius 1 is 1.24 bits per heavy atom. The number of rotatable bonds is 6. The van der Waals surface area contributed by atoms with Crippen molar-refractivity contribution in [3.05, 3.63) is 57.3 Å². The lowest BCUT2D eigenvalue weighted by Gasteiger charge is -2.24. The summed E-state index contributed by atoms with van der Waals surface area (Å²) in [5.41, 5.74) is 4.22. The smallest absolute Gasteiger partial charge is 0.191 e. The molecule has 2 aromatic rings. The van der Waals surface area contributed by atoms with Crippen molar-refractivity contribution < 1.29 is 5.11 Å². The van der Waals surface area contributed by atoms with Crippen LogP contribution in [0.2, 0.25) is 0 Å². The number of nitrogens with one attached hydrogen (secondary N) is 2. The Kier molecular flexibility index (Phi) is 5.76. The van der Waals surface area contributed by atoms with Crippen molar-refractivity contribution >= 4 is 17.3 Å². The number of hydrogen-bond donors (Lipinski definition) is 3. The lowest BCUT2D eigenvalue weighted by molar-refractivity contribution is 0.0621. The van der Waals surface area contributed by atoms with Crippen molar-refractivity contribution in [1.82, 2.24) is 10.6 Å². The molecule has 0 amide bonds. The van der Waals surface area contributed by atoms with E-state index in [1.54, 1.807) is 11.3 Å². The molecule has 0 saturated heterocycles. The molecule has 3 rings (SSSR count). The number of thiophene rings is 1. The fourth-order valence-corrected chi connectivity index (χ4v) is 3.95. The van der Waals surface area contributed by atoms with E-state index in [0.717, 1.165) is 18.1 Å². The van der Waals surface area contributed by atoms with Crippen LogP contribution in [0.1, 0.15) is 42.5 Å². The van der Waals surface area contributed by atoms with E-state index in [0.29, 0.717) is 13.1 Å². The average Bonchev–Trinajstić information content (AvgIpc) is 3.28. The van der Waals surface area contributed by atoms with Gasteiger partial charge in [0.25, 0.3) is 0 Å². The lowest BCUT2D eigenvalue weighted by atomic mass is 9.99. The van der Waals surface area contributed by atoms with Gasteiger partial charge in [-0.2, -0.15) is 11.3 Å². The molecule has 5 heteroatoms. The molecule has 1 unspecified atom stereocenters. The number of benzene rings is 1. The summed E-state index contributed by atoms with van der Waals surface area (Å²) in [5.74, 6) is 0.735. The second-order valence-electron chi connectivity index (χ2n) is 6.79. The molecule has 0 fully saturated rings. The first kappa shape index (κ1) is 18.0. The summed E-state index contributed by atoms with van der Waals surface area (Å²) in [4.78, 5) is 4.68. The van der Waals surface area contributed by atoms with Gasteiger partial charge in [-0.05, 0) is 72.2 Å². The number of guanidine groups is 1. The number of fused-ring (bicyclic) bond motifs is 1. The second-order valence-corrected chi connectivity index (χ2v) is 7.57. The van der Waals surface area contributed by atoms with Crippen LogP contribution in [0.25, 0.3) is 0 Å². The number of aliphatic hydroxyl groups is 1. The van der Waals surface area contributed by atoms with Gasteiger partial charge in [0, 0.05) is 6.54 Å². The maximum atomic E-state index is 10.6. The molecule has 25 heavy (non-hydrogen) atoms. The van der Waals surface area contributed by atoms with Gasteiger partial charge in [-0.3, -0.25) is 0 Å². The minimum absolute atomic E-state index is 0.416. The van der Waals surface area contributed by atoms with Gasteiger partial charge in [0.05, 0.1) is 13.1 Å². The molecule has 3 N–H and O–H groups in total. The Bertz CT molecular complexity index is 723. The van der Waals surface area contributed by atoms with Crippen molar-refractivity contribution in [1.29, 1.82) is 0 Å². The highest BCUT2D eigenvalue weighted by molar-refractivity contribution is 7.08. The maximum absolute atomic E-state index is 10.6. The Morgan fingerprint density at radius 2 is 2.08 bits per heavy atom. The van der Waals surface area contributed by atoms with Crippen LogP contribution in [-0.4, -0.2) is 24.2 Å². The molecular weight excluding hydrogens is 330 g/mol. The largest absolute Gasteiger partial charge is 0.384 e. The number of nitrogens with zero attached hydrogens (tertiary/aromatic N) is 1. The van der Waals surface area contributed by atoms with Crippen LogP contribution in [0, 0.1) is 0 Å². The molecule has 0 radical (unpaired) electrons. The normalized spacial score (nSPS) is 16.4. The number of aryl methyl sites for hydroxylation is 2. The van der Waals surface area contributed by atoms with Crippen LogP contribution in [0.15, 0.2) is 40.0 Å². The highest BCUT2D eigenvalue weighted by Crippen LogP contribution is 2.23. The fraction of sp³-hybridized carbons (Fsp3) is 0.450. The van der Waals surface area contributed by atoms with Crippen molar-refractivity contribution in [3.8, 4) is 0 Å². The molecule has 134 valence electrons. The monoisotopic (exact) mass is 357 g/mol. The Balaban J connectivity index is 1.63. The Hall–Kier alpha value is -1.85. The van der Waals surface area contributed by atoms with Crippen LogP contribution in [0.5, 0.6) is 0 Å². The van der Waals surface area contributed by atoms with Crippen molar-refractivity contribution in [2.24, 2.45) is 4.99 Å². The summed E-state index contributed by atoms with van der Waals surface area (Å²) in [6, 6.07) is 8.67. The molecule has 0 aliphatic heterocycles. The zero-order valence-electron chi connectivity index (χ0n) is 15.0. The first-order valence-electron chi connectivity index (χ1n) is 8.96. The SMILES string of the molecule is CCNC(=NCc1ccc2c(c1)CCC2)NCC(C)(O)c1ccsc1. The molecule has 0 saturated carbocycles. The van der Waals surface area contributed by atoms with E-state index in [-0.39, 0.29) is 0 Å². The summed E-state index contributed by atoms with van der Waals surface area (Å²) in [6.45, 7) is 5.72. The third-order valence-electron chi connectivity index (χ3n) is 4.67. The van der Waals surface area contributed by atoms with Crippen LogP contribution < -0.4 is 10.6 Å². The highest BCUT2D eigenvalue weighted by atomic mass is 32.1. The predicted molar refractivity (Wildman–Crippen MR) is 105 cm³/mol. The quantitative estimate of drug-likeness (QED) is 0.550. The molecule has 4 nitrogen and oxygen atoms in total. The molecule has 1 aromatic heterocycles. The summed E-state index contributed by atoms with van der Waals surface area (Å²) in [6.07, 6.45) is 3.67. The Morgan fingerprint density at radius 3 is 2.84 bits per heavy atom. The van der Waals surface area contributed by atoms with Crippen LogP contribution in [0.4, 0.5) is 0 Å². The van der Waals surface area contributed by atoms with Gasteiger partial charge in [0.2, 0.25) is 0 Å². The summed E-state index contributed by atoms with van der Waals surface area (Å²) >= 11 is 1.59. The fourth-order valence-electron chi connectivity index (χ4n) is 3.16. The van der Waals surface area contributed by atoms with Gasteiger partial charge in [0.1, 0.15) is 5.60 Å². The first-order valence-corrected chi connectivity index (χ1v) is 9.90. The van der Waals surface area contributed by atoms with Crippen LogP contribution >= 0.6 is 11.3 Å². The lowest BCUT2D eigenvalue weighted by Crippen LogP contribution is -2.44. The van der Waals surface area contributed by atoms with Gasteiger partial charge in [-0.25, -0.2) is 4.99 Å². The maximum Gasteiger partial charge on any atom is 0.191 e. The molecule has 1 aromatic carbocycles. The van der Waals surface area contributed by atoms with Gasteiger partial charge >= 0.3 is 0 Å². The van der Waals surface area contributed by atoms with E-state index >= 15 is 0 Å². The van der Waals surface area contributed by atoms with E-state index in [1.165, 1.54) is 36.0 Å². The van der Waals surface area contributed by atoms with Gasteiger partial charge in [-0.15, -0.1) is 0 Å². The van der Waals surface area contributed by atoms with E-state index in [1.807, 2.05) is 30.7 Å². The topological polar surface area (TPSA) is 56.7 Å². The summed E-state index contributed by atoms with van der Waals surface area (Å²) in [7, 11) is 0. The van der Waals surface area contributed by atoms with Gasteiger partial charge in [-0.1, -0.05) is 18.2 Å². The second kappa shape index (κ2) is 8.02. The zero-order valence-corrected chi connectivity index (χ0v) is 15.8. The van der Waals surface area contributed by atoms with Crippen LogP contribution in [0.3, 0.4) is 0 Å². The molecule has 1 aliphatic carbocycles. The molecular formula is C20H27N3OS. The van der Waals surface area contributed by atoms with E-state index < -0.39 is 5.60 Å². The van der Waals surface area contributed by atoms with Crippen molar-refractivity contribution in [2.75, 3.05) is 13.1 Å². The van der Waals surface area contributed by atoms with Gasteiger partial charge in [0.15, 0.2) is 5.96 Å². The van der Waals surface area contributed by atoms with E-state index in [2.05, 4.69) is 33.8 Å². The number of hydrogen-bond acceptors (Lipinski definition) is 3. The molecule has 0 bridgehead atoms. The minimum Gasteiger partial charge on any atom is -0.384 e. The van der Waals surface area contributed by atoms with Crippen molar-refractivity contribution in [2.45, 2.75) is 45.3 Å². The summed E-state index contributed by atoms with van der Waals surface area (Å²) in [5, 5.41) is 21.1. The van der Waals surface area contributed by atoms with Crippen molar-refractivity contribution in [3.63, 3.8) is 0 Å². The Labute approximate surface area is 154 Å². The molecule has 1 aliphatic rings. The minimum atomic E-state index is -0.913. The molecule has 0 spiro atoms.